The average molecular weight is 298 g/mol. The predicted molar refractivity (Wildman–Crippen MR) is 88.6 cm³/mol. The van der Waals surface area contributed by atoms with Gasteiger partial charge in [0.15, 0.2) is 0 Å². The van der Waals surface area contributed by atoms with Gasteiger partial charge in [-0.05, 0) is 38.1 Å². The van der Waals surface area contributed by atoms with E-state index in [4.69, 9.17) is 5.73 Å². The van der Waals surface area contributed by atoms with Crippen molar-refractivity contribution < 1.29 is 4.79 Å². The highest BCUT2D eigenvalue weighted by molar-refractivity contribution is 5.96. The van der Waals surface area contributed by atoms with Crippen LogP contribution in [-0.2, 0) is 4.79 Å². The molecule has 5 heteroatoms. The fraction of sp³-hybridized carbons (Fsp3) is 0.412. The number of pyridine rings is 1. The Morgan fingerprint density at radius 2 is 2.05 bits per heavy atom. The van der Waals surface area contributed by atoms with Gasteiger partial charge in [-0.1, -0.05) is 24.6 Å². The number of nitrogens with one attached hydrogen (secondary N) is 1. The zero-order valence-corrected chi connectivity index (χ0v) is 12.7. The minimum Gasteiger partial charge on any atom is -0.323 e. The summed E-state index contributed by atoms with van der Waals surface area (Å²) >= 11 is 0. The Labute approximate surface area is 130 Å². The molecule has 1 fully saturated rings. The first-order chi connectivity index (χ1) is 10.7. The predicted octanol–water partition coefficient (Wildman–Crippen LogP) is 1.99. The zero-order valence-electron chi connectivity index (χ0n) is 12.7. The molecule has 0 radical (unpaired) electrons. The topological polar surface area (TPSA) is 71.2 Å². The monoisotopic (exact) mass is 298 g/mol. The third-order valence-corrected chi connectivity index (χ3v) is 4.10. The second kappa shape index (κ2) is 6.85. The van der Waals surface area contributed by atoms with Crippen LogP contribution in [0.3, 0.4) is 0 Å². The molecular formula is C17H22N4O. The van der Waals surface area contributed by atoms with Gasteiger partial charge in [-0.3, -0.25) is 9.78 Å². The van der Waals surface area contributed by atoms with Crippen molar-refractivity contribution in [2.24, 2.45) is 5.73 Å². The number of amides is 1. The molecule has 1 atom stereocenters. The van der Waals surface area contributed by atoms with E-state index in [0.717, 1.165) is 24.0 Å². The third kappa shape index (κ3) is 3.61. The Morgan fingerprint density at radius 3 is 2.86 bits per heavy atom. The van der Waals surface area contributed by atoms with Crippen LogP contribution < -0.4 is 11.1 Å². The van der Waals surface area contributed by atoms with Crippen LogP contribution in [0.2, 0.25) is 0 Å². The van der Waals surface area contributed by atoms with E-state index in [9.17, 15) is 4.79 Å². The number of carbonyl (C=O) groups is 1. The Hall–Kier alpha value is -1.98. The molecule has 1 aromatic carbocycles. The Bertz CT molecular complexity index is 652. The number of likely N-dealkylation sites (tertiary alicyclic amines) is 1. The van der Waals surface area contributed by atoms with Crippen molar-refractivity contribution >= 4 is 22.5 Å². The zero-order chi connectivity index (χ0) is 15.4. The van der Waals surface area contributed by atoms with Crippen molar-refractivity contribution in [1.29, 1.82) is 0 Å². The summed E-state index contributed by atoms with van der Waals surface area (Å²) in [6, 6.07) is 9.24. The lowest BCUT2D eigenvalue weighted by Gasteiger charge is -2.28. The van der Waals surface area contributed by atoms with E-state index in [0.29, 0.717) is 12.2 Å². The average Bonchev–Trinajstić information content (AvgIpc) is 2.55. The van der Waals surface area contributed by atoms with E-state index < -0.39 is 6.04 Å². The van der Waals surface area contributed by atoms with Crippen LogP contribution in [0.25, 0.3) is 10.9 Å². The van der Waals surface area contributed by atoms with Gasteiger partial charge in [-0.15, -0.1) is 0 Å². The number of para-hydroxylation sites is 1. The molecule has 2 heterocycles. The summed E-state index contributed by atoms with van der Waals surface area (Å²) in [5.41, 5.74) is 7.64. The molecular weight excluding hydrogens is 276 g/mol. The van der Waals surface area contributed by atoms with Crippen LogP contribution in [0.4, 0.5) is 5.69 Å². The second-order valence-corrected chi connectivity index (χ2v) is 5.87. The van der Waals surface area contributed by atoms with E-state index in [2.05, 4.69) is 15.2 Å². The van der Waals surface area contributed by atoms with Gasteiger partial charge in [0.1, 0.15) is 0 Å². The van der Waals surface area contributed by atoms with Crippen molar-refractivity contribution in [2.45, 2.75) is 25.3 Å². The number of rotatable bonds is 4. The number of nitrogens with two attached hydrogens (primary N) is 1. The molecule has 3 rings (SSSR count). The maximum atomic E-state index is 12.2. The molecule has 2 aromatic rings. The van der Waals surface area contributed by atoms with Gasteiger partial charge in [0.25, 0.3) is 0 Å². The van der Waals surface area contributed by atoms with Gasteiger partial charge in [0.05, 0.1) is 23.4 Å². The maximum absolute atomic E-state index is 12.2. The number of hydrogen-bond donors (Lipinski definition) is 2. The highest BCUT2D eigenvalue weighted by atomic mass is 16.2. The van der Waals surface area contributed by atoms with Crippen LogP contribution in [0, 0.1) is 0 Å². The van der Waals surface area contributed by atoms with Crippen LogP contribution in [0.1, 0.15) is 19.3 Å². The first kappa shape index (κ1) is 14.9. The van der Waals surface area contributed by atoms with Gasteiger partial charge in [0.2, 0.25) is 5.91 Å². The largest absolute Gasteiger partial charge is 0.323 e. The summed E-state index contributed by atoms with van der Waals surface area (Å²) in [4.78, 5) is 18.8. The van der Waals surface area contributed by atoms with Gasteiger partial charge in [-0.2, -0.15) is 0 Å². The van der Waals surface area contributed by atoms with Crippen LogP contribution in [-0.4, -0.2) is 41.5 Å². The second-order valence-electron chi connectivity index (χ2n) is 5.87. The summed E-state index contributed by atoms with van der Waals surface area (Å²) < 4.78 is 0. The maximum Gasteiger partial charge on any atom is 0.242 e. The first-order valence-electron chi connectivity index (χ1n) is 7.86. The molecule has 0 aliphatic carbocycles. The highest BCUT2D eigenvalue weighted by Crippen LogP contribution is 2.16. The molecule has 22 heavy (non-hydrogen) atoms. The molecule has 0 saturated carbocycles. The van der Waals surface area contributed by atoms with E-state index >= 15 is 0 Å². The molecule has 0 spiro atoms. The lowest BCUT2D eigenvalue weighted by Crippen LogP contribution is -2.46. The Kier molecular flexibility index (Phi) is 4.65. The normalized spacial score (nSPS) is 17.3. The summed E-state index contributed by atoms with van der Waals surface area (Å²) in [6.07, 6.45) is 5.35. The van der Waals surface area contributed by atoms with Crippen LogP contribution in [0.15, 0.2) is 36.5 Å². The van der Waals surface area contributed by atoms with Gasteiger partial charge in [0, 0.05) is 11.9 Å². The Balaban J connectivity index is 1.61. The number of hydrogen-bond acceptors (Lipinski definition) is 4. The van der Waals surface area contributed by atoms with Crippen molar-refractivity contribution in [3.8, 4) is 0 Å². The number of piperidine rings is 1. The molecule has 5 nitrogen and oxygen atoms in total. The summed E-state index contributed by atoms with van der Waals surface area (Å²) in [5, 5.41) is 3.87. The number of aromatic nitrogens is 1. The SMILES string of the molecule is NC(CN1CCCCC1)C(=O)Nc1cnc2ccccc2c1. The molecule has 0 bridgehead atoms. The summed E-state index contributed by atoms with van der Waals surface area (Å²) in [7, 11) is 0. The van der Waals surface area contributed by atoms with Gasteiger partial charge in [-0.25, -0.2) is 0 Å². The van der Waals surface area contributed by atoms with Crippen LogP contribution in [0.5, 0.6) is 0 Å². The van der Waals surface area contributed by atoms with Gasteiger partial charge < -0.3 is 16.0 Å². The number of benzene rings is 1. The highest BCUT2D eigenvalue weighted by Gasteiger charge is 2.19. The van der Waals surface area contributed by atoms with Crippen molar-refractivity contribution in [3.63, 3.8) is 0 Å². The molecule has 1 unspecified atom stereocenters. The Morgan fingerprint density at radius 1 is 1.27 bits per heavy atom. The number of carbonyl (C=O) groups excluding carboxylic acids is 1. The first-order valence-corrected chi connectivity index (χ1v) is 7.86. The fourth-order valence-electron chi connectivity index (χ4n) is 2.88. The lowest BCUT2D eigenvalue weighted by atomic mass is 10.1. The van der Waals surface area contributed by atoms with Gasteiger partial charge >= 0.3 is 0 Å². The standard InChI is InChI=1S/C17H22N4O/c18-15(12-21-8-4-1-5-9-21)17(22)20-14-10-13-6-2-3-7-16(13)19-11-14/h2-3,6-7,10-11,15H,1,4-5,8-9,12,18H2,(H,20,22). The van der Waals surface area contributed by atoms with E-state index in [1.165, 1.54) is 19.3 Å². The number of fused-ring (bicyclic) bond motifs is 1. The lowest BCUT2D eigenvalue weighted by molar-refractivity contribution is -0.117. The van der Waals surface area contributed by atoms with Crippen molar-refractivity contribution in [2.75, 3.05) is 25.0 Å². The van der Waals surface area contributed by atoms with Crippen molar-refractivity contribution in [3.05, 3.63) is 36.5 Å². The van der Waals surface area contributed by atoms with E-state index in [1.807, 2.05) is 30.3 Å². The minimum absolute atomic E-state index is 0.150. The van der Waals surface area contributed by atoms with E-state index in [-0.39, 0.29) is 5.91 Å². The molecule has 1 aliphatic heterocycles. The van der Waals surface area contributed by atoms with E-state index in [1.54, 1.807) is 6.20 Å². The molecule has 1 amide bonds. The summed E-state index contributed by atoms with van der Waals surface area (Å²) in [5.74, 6) is -0.150. The fourth-order valence-corrected chi connectivity index (χ4v) is 2.88. The van der Waals surface area contributed by atoms with Crippen molar-refractivity contribution in [1.82, 2.24) is 9.88 Å². The molecule has 116 valence electrons. The minimum atomic E-state index is -0.510. The quantitative estimate of drug-likeness (QED) is 0.905. The molecule has 1 saturated heterocycles. The summed E-state index contributed by atoms with van der Waals surface area (Å²) in [6.45, 7) is 2.70. The smallest absolute Gasteiger partial charge is 0.242 e. The molecule has 1 aliphatic rings. The number of nitrogens with zero attached hydrogens (tertiary/aromatic N) is 2. The van der Waals surface area contributed by atoms with Crippen LogP contribution >= 0.6 is 0 Å². The number of anilines is 1. The molecule has 3 N–H and O–H groups in total. The third-order valence-electron chi connectivity index (χ3n) is 4.10. The molecule has 1 aromatic heterocycles.